The lowest BCUT2D eigenvalue weighted by molar-refractivity contribution is -0.122. The number of nitrogens with zero attached hydrogens (tertiary/aromatic N) is 1. The van der Waals surface area contributed by atoms with E-state index in [1.807, 2.05) is 0 Å². The summed E-state index contributed by atoms with van der Waals surface area (Å²) in [6, 6.07) is 5.12. The van der Waals surface area contributed by atoms with E-state index >= 15 is 0 Å². The van der Waals surface area contributed by atoms with E-state index in [4.69, 9.17) is 33.0 Å². The summed E-state index contributed by atoms with van der Waals surface area (Å²) in [6.07, 6.45) is 0. The Morgan fingerprint density at radius 2 is 2.20 bits per heavy atom. The summed E-state index contributed by atoms with van der Waals surface area (Å²) >= 11 is 6.09. The van der Waals surface area contributed by atoms with Crippen LogP contribution in [0.1, 0.15) is 11.1 Å². The molecule has 6 N–H and O–H groups in total. The molecule has 7 nitrogen and oxygen atoms in total. The molecule has 1 aromatic carbocycles. The van der Waals surface area contributed by atoms with Crippen molar-refractivity contribution in [2.45, 2.75) is 6.54 Å². The lowest BCUT2D eigenvalue weighted by Gasteiger charge is -2.08. The number of nitrogens with one attached hydrogen (secondary N) is 1. The van der Waals surface area contributed by atoms with E-state index in [9.17, 15) is 4.79 Å². The van der Waals surface area contributed by atoms with Gasteiger partial charge in [-0.15, -0.1) is 0 Å². The zero-order chi connectivity index (χ0) is 15.0. The molecule has 0 aromatic heterocycles. The van der Waals surface area contributed by atoms with Gasteiger partial charge in [-0.2, -0.15) is 0 Å². The maximum absolute atomic E-state index is 10.4. The summed E-state index contributed by atoms with van der Waals surface area (Å²) in [5, 5.41) is 15.1. The average molecular weight is 301 g/mol. The minimum atomic E-state index is -0.494. The SMILES string of the molecule is NC(=O)COCCNCc1ccc(/C(N)=N/O)cc1Cl. The third-order valence-corrected chi connectivity index (χ3v) is 2.79. The second kappa shape index (κ2) is 8.36. The van der Waals surface area contributed by atoms with Gasteiger partial charge in [0.1, 0.15) is 6.61 Å². The molecule has 20 heavy (non-hydrogen) atoms. The molecule has 0 atom stereocenters. The van der Waals surface area contributed by atoms with Crippen LogP contribution in [0.3, 0.4) is 0 Å². The monoisotopic (exact) mass is 300 g/mol. The topological polar surface area (TPSA) is 123 Å². The van der Waals surface area contributed by atoms with Gasteiger partial charge in [0.2, 0.25) is 5.91 Å². The Morgan fingerprint density at radius 1 is 1.45 bits per heavy atom. The fourth-order valence-electron chi connectivity index (χ4n) is 1.45. The van der Waals surface area contributed by atoms with Gasteiger partial charge in [-0.3, -0.25) is 4.79 Å². The molecule has 1 amide bonds. The van der Waals surface area contributed by atoms with E-state index in [1.165, 1.54) is 0 Å². The molecule has 0 aliphatic carbocycles. The van der Waals surface area contributed by atoms with Crippen molar-refractivity contribution in [2.24, 2.45) is 16.6 Å². The van der Waals surface area contributed by atoms with Crippen molar-refractivity contribution in [1.82, 2.24) is 5.32 Å². The molecule has 1 aromatic rings. The number of rotatable bonds is 8. The lowest BCUT2D eigenvalue weighted by Crippen LogP contribution is -2.24. The molecular formula is C12H17ClN4O3. The predicted molar refractivity (Wildman–Crippen MR) is 75.7 cm³/mol. The maximum Gasteiger partial charge on any atom is 0.243 e. The van der Waals surface area contributed by atoms with Crippen LogP contribution in [0.25, 0.3) is 0 Å². The van der Waals surface area contributed by atoms with Gasteiger partial charge in [0.15, 0.2) is 5.84 Å². The van der Waals surface area contributed by atoms with Crippen molar-refractivity contribution in [1.29, 1.82) is 0 Å². The maximum atomic E-state index is 10.4. The van der Waals surface area contributed by atoms with E-state index in [2.05, 4.69) is 10.5 Å². The first-order chi connectivity index (χ1) is 9.54. The highest BCUT2D eigenvalue weighted by molar-refractivity contribution is 6.31. The van der Waals surface area contributed by atoms with Gasteiger partial charge in [-0.05, 0) is 11.6 Å². The fourth-order valence-corrected chi connectivity index (χ4v) is 1.70. The van der Waals surface area contributed by atoms with Gasteiger partial charge in [-0.1, -0.05) is 28.9 Å². The summed E-state index contributed by atoms with van der Waals surface area (Å²) in [6.45, 7) is 1.39. The largest absolute Gasteiger partial charge is 0.409 e. The highest BCUT2D eigenvalue weighted by Gasteiger charge is 2.05. The molecule has 0 unspecified atom stereocenters. The molecular weight excluding hydrogens is 284 g/mol. The molecule has 8 heteroatoms. The first-order valence-corrected chi connectivity index (χ1v) is 6.25. The van der Waals surface area contributed by atoms with E-state index in [1.54, 1.807) is 18.2 Å². The summed E-state index contributed by atoms with van der Waals surface area (Å²) in [5.74, 6) is -0.488. The van der Waals surface area contributed by atoms with Crippen molar-refractivity contribution in [3.05, 3.63) is 34.3 Å². The number of amides is 1. The molecule has 0 saturated heterocycles. The Kier molecular flexibility index (Phi) is 6.78. The summed E-state index contributed by atoms with van der Waals surface area (Å²) in [7, 11) is 0. The standard InChI is InChI=1S/C12H17ClN4O3/c13-10-5-8(12(15)17-19)1-2-9(10)6-16-3-4-20-7-11(14)18/h1-2,5,16,19H,3-4,6-7H2,(H2,14,18)(H2,15,17). The molecule has 0 aliphatic rings. The molecule has 0 fully saturated rings. The number of ether oxygens (including phenoxy) is 1. The van der Waals surface area contributed by atoms with Crippen molar-refractivity contribution in [3.8, 4) is 0 Å². The normalized spacial score (nSPS) is 11.6. The van der Waals surface area contributed by atoms with Gasteiger partial charge < -0.3 is 26.7 Å². The van der Waals surface area contributed by atoms with E-state index in [0.717, 1.165) is 5.56 Å². The summed E-state index contributed by atoms with van der Waals surface area (Å²) in [4.78, 5) is 10.4. The first-order valence-electron chi connectivity index (χ1n) is 5.87. The van der Waals surface area contributed by atoms with Crippen LogP contribution in [0.2, 0.25) is 5.02 Å². The highest BCUT2D eigenvalue weighted by atomic mass is 35.5. The van der Waals surface area contributed by atoms with Crippen LogP contribution in [0, 0.1) is 0 Å². The Hall–Kier alpha value is -1.83. The Bertz CT molecular complexity index is 494. The van der Waals surface area contributed by atoms with Gasteiger partial charge in [0.05, 0.1) is 6.61 Å². The van der Waals surface area contributed by atoms with Crippen LogP contribution >= 0.6 is 11.6 Å². The number of amidine groups is 1. The number of halogens is 1. The Morgan fingerprint density at radius 3 is 2.80 bits per heavy atom. The van der Waals surface area contributed by atoms with Crippen LogP contribution < -0.4 is 16.8 Å². The smallest absolute Gasteiger partial charge is 0.243 e. The van der Waals surface area contributed by atoms with Crippen molar-refractivity contribution in [2.75, 3.05) is 19.8 Å². The summed E-state index contributed by atoms with van der Waals surface area (Å²) in [5.41, 5.74) is 11.8. The highest BCUT2D eigenvalue weighted by Crippen LogP contribution is 2.17. The number of benzene rings is 1. The van der Waals surface area contributed by atoms with Crippen molar-refractivity contribution in [3.63, 3.8) is 0 Å². The van der Waals surface area contributed by atoms with Gasteiger partial charge >= 0.3 is 0 Å². The van der Waals surface area contributed by atoms with Gasteiger partial charge in [0.25, 0.3) is 0 Å². The van der Waals surface area contributed by atoms with E-state index in [0.29, 0.717) is 30.3 Å². The second-order valence-corrected chi connectivity index (χ2v) is 4.39. The molecule has 110 valence electrons. The van der Waals surface area contributed by atoms with Gasteiger partial charge in [0, 0.05) is 23.7 Å². The van der Waals surface area contributed by atoms with Gasteiger partial charge in [-0.25, -0.2) is 0 Å². The number of hydrogen-bond donors (Lipinski definition) is 4. The van der Waals surface area contributed by atoms with E-state index < -0.39 is 5.91 Å². The Labute approximate surface area is 121 Å². The van der Waals surface area contributed by atoms with Crippen LogP contribution in [0.5, 0.6) is 0 Å². The predicted octanol–water partition coefficient (Wildman–Crippen LogP) is 0.0260. The number of nitrogens with two attached hydrogens (primary N) is 2. The minimum Gasteiger partial charge on any atom is -0.409 e. The molecule has 0 spiro atoms. The number of primary amides is 1. The Balaban J connectivity index is 2.39. The second-order valence-electron chi connectivity index (χ2n) is 3.99. The molecule has 0 radical (unpaired) electrons. The summed E-state index contributed by atoms with van der Waals surface area (Å²) < 4.78 is 5.00. The van der Waals surface area contributed by atoms with Crippen molar-refractivity contribution < 1.29 is 14.7 Å². The number of carbonyl (C=O) groups is 1. The van der Waals surface area contributed by atoms with Crippen LogP contribution in [-0.4, -0.2) is 36.7 Å². The first kappa shape index (κ1) is 16.2. The molecule has 0 saturated carbocycles. The molecule has 1 rings (SSSR count). The molecule has 0 heterocycles. The third kappa shape index (κ3) is 5.43. The third-order valence-electron chi connectivity index (χ3n) is 2.44. The number of carbonyl (C=O) groups excluding carboxylic acids is 1. The van der Waals surface area contributed by atoms with Crippen molar-refractivity contribution >= 4 is 23.3 Å². The zero-order valence-corrected chi connectivity index (χ0v) is 11.6. The molecule has 0 bridgehead atoms. The zero-order valence-electron chi connectivity index (χ0n) is 10.8. The minimum absolute atomic E-state index is 0.00580. The van der Waals surface area contributed by atoms with E-state index in [-0.39, 0.29) is 12.4 Å². The van der Waals surface area contributed by atoms with Crippen LogP contribution in [0.15, 0.2) is 23.4 Å². The number of oxime groups is 1. The lowest BCUT2D eigenvalue weighted by atomic mass is 10.1. The molecule has 0 aliphatic heterocycles. The fraction of sp³-hybridized carbons (Fsp3) is 0.333. The number of hydrogen-bond acceptors (Lipinski definition) is 5. The quantitative estimate of drug-likeness (QED) is 0.177. The van der Waals surface area contributed by atoms with Crippen LogP contribution in [0.4, 0.5) is 0 Å². The van der Waals surface area contributed by atoms with Crippen LogP contribution in [-0.2, 0) is 16.1 Å². The average Bonchev–Trinajstić information content (AvgIpc) is 2.42.